The van der Waals surface area contributed by atoms with Crippen molar-refractivity contribution in [2.75, 3.05) is 5.73 Å². The average Bonchev–Trinajstić information content (AvgIpc) is 2.35. The molecule has 1 heterocycles. The summed E-state index contributed by atoms with van der Waals surface area (Å²) in [5.74, 6) is 0.637. The van der Waals surface area contributed by atoms with Crippen LogP contribution in [0.2, 0.25) is 0 Å². The van der Waals surface area contributed by atoms with E-state index in [9.17, 15) is 4.79 Å². The molecule has 0 aliphatic heterocycles. The number of nitrogens with zero attached hydrogens (tertiary/aromatic N) is 1. The van der Waals surface area contributed by atoms with E-state index in [2.05, 4.69) is 9.71 Å². The lowest BCUT2D eigenvalue weighted by Gasteiger charge is -1.96. The molecule has 0 saturated carbocycles. The van der Waals surface area contributed by atoms with Crippen LogP contribution in [-0.2, 0) is 5.75 Å². The zero-order chi connectivity index (χ0) is 8.97. The summed E-state index contributed by atoms with van der Waals surface area (Å²) >= 11 is 2.61. The number of rotatable bonds is 3. The van der Waals surface area contributed by atoms with Crippen LogP contribution in [0.25, 0.3) is 0 Å². The highest BCUT2D eigenvalue weighted by atomic mass is 32.2. The van der Waals surface area contributed by atoms with E-state index in [4.69, 9.17) is 11.5 Å². The molecule has 0 bridgehead atoms. The normalized spacial score (nSPS) is 9.67. The Bertz CT molecular complexity index is 274. The van der Waals surface area contributed by atoms with Crippen LogP contribution in [-0.4, -0.2) is 11.0 Å². The maximum Gasteiger partial charge on any atom is 0.322 e. The predicted octanol–water partition coefficient (Wildman–Crippen LogP) is 0.542. The van der Waals surface area contributed by atoms with Crippen molar-refractivity contribution in [1.29, 1.82) is 0 Å². The van der Waals surface area contributed by atoms with E-state index in [1.165, 1.54) is 23.3 Å². The van der Waals surface area contributed by atoms with Crippen LogP contribution >= 0.6 is 23.3 Å². The smallest absolute Gasteiger partial charge is 0.322 e. The zero-order valence-electron chi connectivity index (χ0n) is 6.11. The van der Waals surface area contributed by atoms with Crippen LogP contribution in [0.4, 0.5) is 9.93 Å². The molecule has 0 spiro atoms. The molecule has 0 aliphatic carbocycles. The van der Waals surface area contributed by atoms with Crippen molar-refractivity contribution in [2.24, 2.45) is 5.73 Å². The summed E-state index contributed by atoms with van der Waals surface area (Å²) in [7, 11) is 0. The molecular weight excluding hydrogens is 196 g/mol. The number of thiazole rings is 1. The quantitative estimate of drug-likeness (QED) is 0.626. The number of hydrogen-bond acceptors (Lipinski definition) is 5. The highest BCUT2D eigenvalue weighted by Crippen LogP contribution is 2.18. The molecule has 1 aromatic rings. The summed E-state index contributed by atoms with van der Waals surface area (Å²) in [6, 6.07) is -0.544. The van der Waals surface area contributed by atoms with Crippen molar-refractivity contribution >= 4 is 34.4 Å². The molecule has 1 aromatic heterocycles. The van der Waals surface area contributed by atoms with E-state index in [1.807, 2.05) is 0 Å². The van der Waals surface area contributed by atoms with Crippen LogP contribution in [0, 0.1) is 0 Å². The van der Waals surface area contributed by atoms with Crippen molar-refractivity contribution in [3.8, 4) is 0 Å². The van der Waals surface area contributed by atoms with Gasteiger partial charge in [0.25, 0.3) is 0 Å². The topological polar surface area (TPSA) is 94.0 Å². The summed E-state index contributed by atoms with van der Waals surface area (Å²) in [6.07, 6.45) is 1.68. The number of nitrogens with one attached hydrogen (secondary N) is 1. The van der Waals surface area contributed by atoms with E-state index in [0.717, 1.165) is 4.88 Å². The van der Waals surface area contributed by atoms with Gasteiger partial charge in [0.1, 0.15) is 0 Å². The molecule has 0 radical (unpaired) electrons. The van der Waals surface area contributed by atoms with Crippen molar-refractivity contribution in [3.63, 3.8) is 0 Å². The molecule has 5 nitrogen and oxygen atoms in total. The number of nitrogens with two attached hydrogens (primary N) is 2. The van der Waals surface area contributed by atoms with Gasteiger partial charge in [-0.15, -0.1) is 11.3 Å². The third-order valence-corrected chi connectivity index (χ3v) is 2.77. The van der Waals surface area contributed by atoms with E-state index in [0.29, 0.717) is 10.9 Å². The number of urea groups is 1. The lowest BCUT2D eigenvalue weighted by Crippen LogP contribution is -2.22. The first-order valence-corrected chi connectivity index (χ1v) is 4.86. The molecule has 66 valence electrons. The van der Waals surface area contributed by atoms with Gasteiger partial charge in [0.15, 0.2) is 5.13 Å². The first kappa shape index (κ1) is 9.14. The largest absolute Gasteiger partial charge is 0.375 e. The van der Waals surface area contributed by atoms with E-state index in [1.54, 1.807) is 6.20 Å². The summed E-state index contributed by atoms with van der Waals surface area (Å²) in [6.45, 7) is 0. The van der Waals surface area contributed by atoms with Gasteiger partial charge in [-0.1, -0.05) is 0 Å². The minimum absolute atomic E-state index is 0.532. The first-order valence-electron chi connectivity index (χ1n) is 3.06. The molecule has 5 N–H and O–H groups in total. The van der Waals surface area contributed by atoms with Gasteiger partial charge in [-0.2, -0.15) is 0 Å². The van der Waals surface area contributed by atoms with Gasteiger partial charge in [0, 0.05) is 16.8 Å². The van der Waals surface area contributed by atoms with Gasteiger partial charge in [-0.05, 0) is 11.9 Å². The Morgan fingerprint density at radius 1 is 1.83 bits per heavy atom. The molecular formula is C5H8N4OS2. The number of amides is 2. The lowest BCUT2D eigenvalue weighted by atomic mass is 10.6. The van der Waals surface area contributed by atoms with Crippen molar-refractivity contribution in [1.82, 2.24) is 9.71 Å². The lowest BCUT2D eigenvalue weighted by molar-refractivity contribution is 0.254. The second-order valence-corrected chi connectivity index (χ2v) is 3.85. The fraction of sp³-hybridized carbons (Fsp3) is 0.200. The second kappa shape index (κ2) is 4.17. The number of hydrogen-bond donors (Lipinski definition) is 3. The van der Waals surface area contributed by atoms with Gasteiger partial charge < -0.3 is 11.5 Å². The fourth-order valence-electron chi connectivity index (χ4n) is 0.568. The molecule has 7 heteroatoms. The zero-order valence-corrected chi connectivity index (χ0v) is 7.74. The van der Waals surface area contributed by atoms with Crippen LogP contribution in [0.1, 0.15) is 4.88 Å². The Labute approximate surface area is 77.7 Å². The summed E-state index contributed by atoms with van der Waals surface area (Å²) in [4.78, 5) is 15.1. The Kier molecular flexibility index (Phi) is 3.18. The minimum Gasteiger partial charge on any atom is -0.375 e. The molecule has 1 rings (SSSR count). The average molecular weight is 204 g/mol. The van der Waals surface area contributed by atoms with Gasteiger partial charge in [-0.3, -0.25) is 4.72 Å². The number of nitrogen functional groups attached to an aromatic ring is 1. The van der Waals surface area contributed by atoms with Crippen LogP contribution in [0.15, 0.2) is 6.20 Å². The molecule has 0 fully saturated rings. The third kappa shape index (κ3) is 2.97. The Morgan fingerprint density at radius 2 is 2.58 bits per heavy atom. The number of anilines is 1. The SMILES string of the molecule is NC(=O)NSCc1cnc(N)s1. The monoisotopic (exact) mass is 204 g/mol. The van der Waals surface area contributed by atoms with E-state index in [-0.39, 0.29) is 0 Å². The predicted molar refractivity (Wildman–Crippen MR) is 50.5 cm³/mol. The van der Waals surface area contributed by atoms with Gasteiger partial charge >= 0.3 is 6.03 Å². The highest BCUT2D eigenvalue weighted by Gasteiger charge is 1.99. The molecule has 0 aliphatic rings. The standard InChI is InChI=1S/C5H8N4OS2/c6-4(10)9-11-2-3-1-8-5(7)12-3/h1H,2H2,(H2,7,8)(H3,6,9,10). The molecule has 2 amide bonds. The molecule has 0 saturated heterocycles. The summed E-state index contributed by atoms with van der Waals surface area (Å²) in [5.41, 5.74) is 10.3. The number of aromatic nitrogens is 1. The van der Waals surface area contributed by atoms with Crippen LogP contribution in [0.5, 0.6) is 0 Å². The Morgan fingerprint density at radius 3 is 3.08 bits per heavy atom. The molecule has 12 heavy (non-hydrogen) atoms. The molecule has 0 unspecified atom stereocenters. The molecule has 0 atom stereocenters. The molecule has 0 aromatic carbocycles. The number of carbonyl (C=O) groups excluding carboxylic acids is 1. The van der Waals surface area contributed by atoms with Crippen LogP contribution in [0.3, 0.4) is 0 Å². The first-order chi connectivity index (χ1) is 5.68. The highest BCUT2D eigenvalue weighted by molar-refractivity contribution is 7.97. The minimum atomic E-state index is -0.544. The van der Waals surface area contributed by atoms with Crippen molar-refractivity contribution < 1.29 is 4.79 Å². The Balaban J connectivity index is 2.29. The maximum atomic E-state index is 10.2. The van der Waals surface area contributed by atoms with E-state index >= 15 is 0 Å². The summed E-state index contributed by atoms with van der Waals surface area (Å²) < 4.78 is 2.40. The van der Waals surface area contributed by atoms with Gasteiger partial charge in [0.2, 0.25) is 0 Å². The van der Waals surface area contributed by atoms with Crippen LogP contribution < -0.4 is 16.2 Å². The summed E-state index contributed by atoms with van der Waals surface area (Å²) in [5, 5.41) is 0.532. The van der Waals surface area contributed by atoms with E-state index < -0.39 is 6.03 Å². The number of carbonyl (C=O) groups is 1. The fourth-order valence-corrected chi connectivity index (χ4v) is 1.89. The van der Waals surface area contributed by atoms with Gasteiger partial charge in [0.05, 0.1) is 0 Å². The Hall–Kier alpha value is -0.950. The van der Waals surface area contributed by atoms with Crippen molar-refractivity contribution in [3.05, 3.63) is 11.1 Å². The van der Waals surface area contributed by atoms with Crippen molar-refractivity contribution in [2.45, 2.75) is 5.75 Å². The maximum absolute atomic E-state index is 10.2. The third-order valence-electron chi connectivity index (χ3n) is 0.959. The number of primary amides is 1. The second-order valence-electron chi connectivity index (χ2n) is 1.92. The van der Waals surface area contributed by atoms with Gasteiger partial charge in [-0.25, -0.2) is 9.78 Å².